The van der Waals surface area contributed by atoms with Crippen molar-refractivity contribution >= 4 is 11.6 Å². The van der Waals surface area contributed by atoms with Crippen molar-refractivity contribution in [1.29, 1.82) is 0 Å². The van der Waals surface area contributed by atoms with Gasteiger partial charge in [-0.1, -0.05) is 30.3 Å². The zero-order valence-electron chi connectivity index (χ0n) is 10.2. The summed E-state index contributed by atoms with van der Waals surface area (Å²) in [5.41, 5.74) is 3.02. The lowest BCUT2D eigenvalue weighted by molar-refractivity contribution is 0.0699. The summed E-state index contributed by atoms with van der Waals surface area (Å²) in [6.07, 6.45) is 1.33. The van der Waals surface area contributed by atoms with E-state index in [-0.39, 0.29) is 5.56 Å². The Balaban J connectivity index is 2.28. The quantitative estimate of drug-likeness (QED) is 0.761. The number of rotatable bonds is 2. The van der Waals surface area contributed by atoms with Gasteiger partial charge in [0.05, 0.1) is 11.9 Å². The average Bonchev–Trinajstić information content (AvgIpc) is 2.84. The molecule has 0 aliphatic carbocycles. The van der Waals surface area contributed by atoms with Crippen molar-refractivity contribution in [2.75, 3.05) is 0 Å². The molecule has 2 aromatic heterocycles. The number of aromatic carboxylic acids is 1. The highest BCUT2D eigenvalue weighted by Crippen LogP contribution is 2.20. The van der Waals surface area contributed by atoms with Crippen LogP contribution in [0.3, 0.4) is 0 Å². The molecule has 0 aliphatic heterocycles. The van der Waals surface area contributed by atoms with Gasteiger partial charge in [-0.05, 0) is 13.0 Å². The lowest BCUT2D eigenvalue weighted by atomic mass is 10.1. The molecule has 0 radical (unpaired) electrons. The number of fused-ring (bicyclic) bond motifs is 1. The Morgan fingerprint density at radius 1 is 1.26 bits per heavy atom. The lowest BCUT2D eigenvalue weighted by Crippen LogP contribution is -2.01. The van der Waals surface area contributed by atoms with Gasteiger partial charge in [-0.25, -0.2) is 14.3 Å². The van der Waals surface area contributed by atoms with Crippen molar-refractivity contribution in [3.05, 3.63) is 53.9 Å². The summed E-state index contributed by atoms with van der Waals surface area (Å²) in [6.45, 7) is 1.87. The summed E-state index contributed by atoms with van der Waals surface area (Å²) >= 11 is 0. The summed E-state index contributed by atoms with van der Waals surface area (Å²) in [4.78, 5) is 15.5. The fourth-order valence-corrected chi connectivity index (χ4v) is 2.02. The Hall–Kier alpha value is -2.69. The molecule has 19 heavy (non-hydrogen) atoms. The number of benzene rings is 1. The summed E-state index contributed by atoms with van der Waals surface area (Å²) in [5, 5.41) is 13.2. The average molecular weight is 253 g/mol. The normalized spacial score (nSPS) is 10.8. The molecule has 0 unspecified atom stereocenters. The van der Waals surface area contributed by atoms with Crippen LogP contribution in [-0.4, -0.2) is 25.7 Å². The van der Waals surface area contributed by atoms with E-state index in [9.17, 15) is 4.79 Å². The van der Waals surface area contributed by atoms with E-state index in [0.29, 0.717) is 5.65 Å². The molecule has 0 aliphatic rings. The number of aromatic nitrogens is 3. The minimum atomic E-state index is -1.02. The molecule has 5 heteroatoms. The Morgan fingerprint density at radius 2 is 2.00 bits per heavy atom. The van der Waals surface area contributed by atoms with Crippen molar-refractivity contribution < 1.29 is 9.90 Å². The van der Waals surface area contributed by atoms with Gasteiger partial charge in [-0.2, -0.15) is 5.10 Å². The zero-order chi connectivity index (χ0) is 13.4. The minimum Gasteiger partial charge on any atom is -0.477 e. The fraction of sp³-hybridized carbons (Fsp3) is 0.0714. The van der Waals surface area contributed by atoms with Gasteiger partial charge in [0.15, 0.2) is 5.65 Å². The topological polar surface area (TPSA) is 67.5 Å². The second-order valence-electron chi connectivity index (χ2n) is 4.25. The first-order valence-electron chi connectivity index (χ1n) is 5.81. The highest BCUT2D eigenvalue weighted by atomic mass is 16.4. The van der Waals surface area contributed by atoms with Crippen LogP contribution in [0.25, 0.3) is 16.9 Å². The van der Waals surface area contributed by atoms with Gasteiger partial charge in [-0.3, -0.25) is 0 Å². The maximum Gasteiger partial charge on any atom is 0.341 e. The van der Waals surface area contributed by atoms with Gasteiger partial charge in [0.2, 0.25) is 0 Å². The van der Waals surface area contributed by atoms with Crippen molar-refractivity contribution in [2.45, 2.75) is 6.92 Å². The van der Waals surface area contributed by atoms with Crippen molar-refractivity contribution in [3.8, 4) is 11.3 Å². The second kappa shape index (κ2) is 4.20. The van der Waals surface area contributed by atoms with Gasteiger partial charge < -0.3 is 5.11 Å². The van der Waals surface area contributed by atoms with E-state index < -0.39 is 5.97 Å². The molecule has 3 rings (SSSR count). The number of carbonyl (C=O) groups is 1. The monoisotopic (exact) mass is 253 g/mol. The van der Waals surface area contributed by atoms with Gasteiger partial charge in [0, 0.05) is 11.3 Å². The first-order valence-corrected chi connectivity index (χ1v) is 5.81. The van der Waals surface area contributed by atoms with Crippen LogP contribution in [0.2, 0.25) is 0 Å². The summed E-state index contributed by atoms with van der Waals surface area (Å²) in [7, 11) is 0. The molecule has 1 N–H and O–H groups in total. The van der Waals surface area contributed by atoms with Crippen LogP contribution in [0.4, 0.5) is 0 Å². The van der Waals surface area contributed by atoms with Crippen molar-refractivity contribution in [3.63, 3.8) is 0 Å². The molecule has 0 saturated carbocycles. The third-order valence-corrected chi connectivity index (χ3v) is 2.95. The third-order valence-electron chi connectivity index (χ3n) is 2.95. The van der Waals surface area contributed by atoms with Crippen molar-refractivity contribution in [1.82, 2.24) is 14.6 Å². The number of hydrogen-bond acceptors (Lipinski definition) is 3. The van der Waals surface area contributed by atoms with Crippen molar-refractivity contribution in [2.24, 2.45) is 0 Å². The first kappa shape index (κ1) is 11.4. The molecule has 0 spiro atoms. The number of carboxylic acids is 1. The Bertz CT molecular complexity index is 763. The summed E-state index contributed by atoms with van der Waals surface area (Å²) in [6, 6.07) is 11.5. The molecule has 0 atom stereocenters. The van der Waals surface area contributed by atoms with Gasteiger partial charge in [-0.15, -0.1) is 0 Å². The van der Waals surface area contributed by atoms with Crippen LogP contribution < -0.4 is 0 Å². The standard InChI is InChI=1S/C14H11N3O2/c1-9-7-12(10-5-3-2-4-6-10)16-13-11(14(18)19)8-15-17(9)13/h2-8H,1H3,(H,18,19). The van der Waals surface area contributed by atoms with E-state index >= 15 is 0 Å². The van der Waals surface area contributed by atoms with E-state index in [1.165, 1.54) is 10.7 Å². The molecule has 1 aromatic carbocycles. The van der Waals surface area contributed by atoms with Crippen LogP contribution in [0.15, 0.2) is 42.6 Å². The number of nitrogens with zero attached hydrogens (tertiary/aromatic N) is 3. The number of aryl methyl sites for hydroxylation is 1. The highest BCUT2D eigenvalue weighted by molar-refractivity contribution is 5.94. The smallest absolute Gasteiger partial charge is 0.341 e. The molecule has 0 fully saturated rings. The van der Waals surface area contributed by atoms with E-state index in [0.717, 1.165) is 17.0 Å². The van der Waals surface area contributed by atoms with Gasteiger partial charge in [0.1, 0.15) is 5.56 Å². The van der Waals surface area contributed by atoms with E-state index in [4.69, 9.17) is 5.11 Å². The molecule has 5 nitrogen and oxygen atoms in total. The Kier molecular flexibility index (Phi) is 2.52. The van der Waals surface area contributed by atoms with Gasteiger partial charge in [0.25, 0.3) is 0 Å². The van der Waals surface area contributed by atoms with E-state index in [1.54, 1.807) is 0 Å². The van der Waals surface area contributed by atoms with Gasteiger partial charge >= 0.3 is 5.97 Å². The van der Waals surface area contributed by atoms with Crippen LogP contribution >= 0.6 is 0 Å². The number of hydrogen-bond donors (Lipinski definition) is 1. The van der Waals surface area contributed by atoms with Crippen LogP contribution in [0.5, 0.6) is 0 Å². The van der Waals surface area contributed by atoms with Crippen LogP contribution in [0, 0.1) is 6.92 Å². The summed E-state index contributed by atoms with van der Waals surface area (Å²) < 4.78 is 1.54. The maximum atomic E-state index is 11.1. The molecule has 0 saturated heterocycles. The molecular weight excluding hydrogens is 242 g/mol. The lowest BCUT2D eigenvalue weighted by Gasteiger charge is -2.05. The molecule has 0 bridgehead atoms. The maximum absolute atomic E-state index is 11.1. The Morgan fingerprint density at radius 3 is 2.68 bits per heavy atom. The predicted octanol–water partition coefficient (Wildman–Crippen LogP) is 2.40. The zero-order valence-corrected chi connectivity index (χ0v) is 10.2. The molecule has 94 valence electrons. The van der Waals surface area contributed by atoms with Crippen LogP contribution in [-0.2, 0) is 0 Å². The molecule has 2 heterocycles. The SMILES string of the molecule is Cc1cc(-c2ccccc2)nc2c(C(=O)O)cnn12. The molecule has 3 aromatic rings. The fourth-order valence-electron chi connectivity index (χ4n) is 2.02. The molecule has 0 amide bonds. The largest absolute Gasteiger partial charge is 0.477 e. The van der Waals surface area contributed by atoms with Crippen LogP contribution in [0.1, 0.15) is 16.1 Å². The summed E-state index contributed by atoms with van der Waals surface area (Å²) in [5.74, 6) is -1.02. The predicted molar refractivity (Wildman–Crippen MR) is 70.1 cm³/mol. The highest BCUT2D eigenvalue weighted by Gasteiger charge is 2.15. The first-order chi connectivity index (χ1) is 9.16. The molecular formula is C14H11N3O2. The Labute approximate surface area is 109 Å². The number of carboxylic acid groups (broad SMARTS) is 1. The van der Waals surface area contributed by atoms with E-state index in [2.05, 4.69) is 10.1 Å². The minimum absolute atomic E-state index is 0.112. The second-order valence-corrected chi connectivity index (χ2v) is 4.25. The third kappa shape index (κ3) is 1.85. The van der Waals surface area contributed by atoms with E-state index in [1.807, 2.05) is 43.3 Å².